The molecule has 1 aromatic heterocycles. The molecule has 1 rings (SSSR count). The molecule has 1 aromatic rings. The number of methoxy groups -OCH3 is 1. The maximum atomic E-state index is 10.7. The van der Waals surface area contributed by atoms with Crippen LogP contribution in [0.25, 0.3) is 6.08 Å². The van der Waals surface area contributed by atoms with Crippen molar-refractivity contribution in [3.8, 4) is 0 Å². The van der Waals surface area contributed by atoms with Gasteiger partial charge in [-0.05, 0) is 12.1 Å². The van der Waals surface area contributed by atoms with E-state index in [4.69, 9.17) is 0 Å². The first-order valence-corrected chi connectivity index (χ1v) is 4.44. The zero-order valence-electron chi connectivity index (χ0n) is 7.02. The molecule has 0 amide bonds. The van der Waals surface area contributed by atoms with Gasteiger partial charge in [0.25, 0.3) is 0 Å². The lowest BCUT2D eigenvalue weighted by Gasteiger charge is -1.87. The molecule has 0 saturated carbocycles. The van der Waals surface area contributed by atoms with Crippen molar-refractivity contribution in [2.24, 2.45) is 0 Å². The van der Waals surface area contributed by atoms with E-state index in [1.165, 1.54) is 24.5 Å². The summed E-state index contributed by atoms with van der Waals surface area (Å²) in [7, 11) is 1.32. The highest BCUT2D eigenvalue weighted by atomic mass is 32.1. The number of aldehydes is 1. The Hall–Kier alpha value is -1.42. The standard InChI is InChI=1S/C9H8O3S/c1-12-9(11)3-2-8-4-7(5-10)6-13-8/h2-6H,1H3. The van der Waals surface area contributed by atoms with Gasteiger partial charge in [0, 0.05) is 21.9 Å². The van der Waals surface area contributed by atoms with Crippen LogP contribution >= 0.6 is 11.3 Å². The van der Waals surface area contributed by atoms with Gasteiger partial charge in [-0.15, -0.1) is 11.3 Å². The van der Waals surface area contributed by atoms with Gasteiger partial charge < -0.3 is 4.74 Å². The van der Waals surface area contributed by atoms with Crippen molar-refractivity contribution < 1.29 is 14.3 Å². The molecule has 3 nitrogen and oxygen atoms in total. The van der Waals surface area contributed by atoms with E-state index in [0.29, 0.717) is 5.56 Å². The fourth-order valence-corrected chi connectivity index (χ4v) is 1.48. The molecule has 13 heavy (non-hydrogen) atoms. The maximum Gasteiger partial charge on any atom is 0.330 e. The fourth-order valence-electron chi connectivity index (χ4n) is 0.736. The number of carbonyl (C=O) groups excluding carboxylic acids is 2. The molecule has 0 radical (unpaired) electrons. The molecule has 0 aromatic carbocycles. The normalized spacial score (nSPS) is 10.2. The number of carbonyl (C=O) groups is 2. The van der Waals surface area contributed by atoms with Gasteiger partial charge in [-0.25, -0.2) is 4.79 Å². The van der Waals surface area contributed by atoms with Crippen LogP contribution in [0.1, 0.15) is 15.2 Å². The molecule has 4 heteroatoms. The Morgan fingerprint density at radius 3 is 2.92 bits per heavy atom. The van der Waals surface area contributed by atoms with E-state index in [0.717, 1.165) is 11.2 Å². The van der Waals surface area contributed by atoms with E-state index >= 15 is 0 Å². The molecule has 0 spiro atoms. The smallest absolute Gasteiger partial charge is 0.330 e. The van der Waals surface area contributed by atoms with Crippen molar-refractivity contribution in [1.82, 2.24) is 0 Å². The summed E-state index contributed by atoms with van der Waals surface area (Å²) in [5.74, 6) is -0.402. The highest BCUT2D eigenvalue weighted by Crippen LogP contribution is 2.14. The maximum absolute atomic E-state index is 10.7. The molecule has 0 N–H and O–H groups in total. The number of hydrogen-bond acceptors (Lipinski definition) is 4. The summed E-state index contributed by atoms with van der Waals surface area (Å²) in [6.07, 6.45) is 3.70. The van der Waals surface area contributed by atoms with Gasteiger partial charge in [-0.2, -0.15) is 0 Å². The topological polar surface area (TPSA) is 43.4 Å². The molecule has 0 atom stereocenters. The van der Waals surface area contributed by atoms with Crippen molar-refractivity contribution in [3.63, 3.8) is 0 Å². The summed E-state index contributed by atoms with van der Waals surface area (Å²) >= 11 is 1.40. The summed E-state index contributed by atoms with van der Waals surface area (Å²) in [6.45, 7) is 0. The quantitative estimate of drug-likeness (QED) is 0.420. The number of hydrogen-bond donors (Lipinski definition) is 0. The first kappa shape index (κ1) is 9.67. The second-order valence-electron chi connectivity index (χ2n) is 2.26. The second-order valence-corrected chi connectivity index (χ2v) is 3.20. The molecular formula is C9H8O3S. The van der Waals surface area contributed by atoms with Crippen LogP contribution in [0.4, 0.5) is 0 Å². The molecule has 0 aliphatic heterocycles. The lowest BCUT2D eigenvalue weighted by atomic mass is 10.3. The summed E-state index contributed by atoms with van der Waals surface area (Å²) in [5, 5.41) is 1.73. The van der Waals surface area contributed by atoms with E-state index in [9.17, 15) is 9.59 Å². The average molecular weight is 196 g/mol. The fraction of sp³-hybridized carbons (Fsp3) is 0.111. The van der Waals surface area contributed by atoms with E-state index in [1.807, 2.05) is 0 Å². The minimum absolute atomic E-state index is 0.402. The van der Waals surface area contributed by atoms with Crippen molar-refractivity contribution in [2.45, 2.75) is 0 Å². The largest absolute Gasteiger partial charge is 0.466 e. The molecule has 0 aliphatic carbocycles. The van der Waals surface area contributed by atoms with Gasteiger partial charge in [-0.3, -0.25) is 4.79 Å². The molecule has 0 fully saturated rings. The van der Waals surface area contributed by atoms with Gasteiger partial charge in [0.15, 0.2) is 6.29 Å². The Kier molecular flexibility index (Phi) is 3.40. The van der Waals surface area contributed by atoms with Crippen molar-refractivity contribution in [1.29, 1.82) is 0 Å². The summed E-state index contributed by atoms with van der Waals surface area (Å²) < 4.78 is 4.41. The monoisotopic (exact) mass is 196 g/mol. The SMILES string of the molecule is COC(=O)C=Cc1cc(C=O)cs1. The predicted molar refractivity (Wildman–Crippen MR) is 50.8 cm³/mol. The van der Waals surface area contributed by atoms with Crippen LogP contribution in [0.5, 0.6) is 0 Å². The third-order valence-corrected chi connectivity index (χ3v) is 2.28. The zero-order valence-corrected chi connectivity index (χ0v) is 7.84. The molecule has 0 bridgehead atoms. The lowest BCUT2D eigenvalue weighted by Crippen LogP contribution is -1.92. The molecule has 0 saturated heterocycles. The highest BCUT2D eigenvalue weighted by molar-refractivity contribution is 7.11. The van der Waals surface area contributed by atoms with Gasteiger partial charge >= 0.3 is 5.97 Å². The van der Waals surface area contributed by atoms with Crippen LogP contribution in [0.15, 0.2) is 17.5 Å². The van der Waals surface area contributed by atoms with Crippen LogP contribution in [0, 0.1) is 0 Å². The van der Waals surface area contributed by atoms with Crippen LogP contribution < -0.4 is 0 Å². The summed E-state index contributed by atoms with van der Waals surface area (Å²) in [5.41, 5.74) is 0.620. The molecule has 0 aliphatic rings. The second kappa shape index (κ2) is 4.57. The summed E-state index contributed by atoms with van der Waals surface area (Å²) in [4.78, 5) is 21.8. The van der Waals surface area contributed by atoms with Crippen LogP contribution in [-0.2, 0) is 9.53 Å². The van der Waals surface area contributed by atoms with E-state index in [1.54, 1.807) is 17.5 Å². The third kappa shape index (κ3) is 2.83. The number of esters is 1. The van der Waals surface area contributed by atoms with E-state index in [2.05, 4.69) is 4.74 Å². The Morgan fingerprint density at radius 2 is 2.38 bits per heavy atom. The Bertz CT molecular complexity index is 338. The zero-order chi connectivity index (χ0) is 9.68. The minimum atomic E-state index is -0.402. The number of ether oxygens (including phenoxy) is 1. The first-order chi connectivity index (χ1) is 6.26. The molecular weight excluding hydrogens is 188 g/mol. The van der Waals surface area contributed by atoms with Gasteiger partial charge in [-0.1, -0.05) is 0 Å². The predicted octanol–water partition coefficient (Wildman–Crippen LogP) is 1.75. The lowest BCUT2D eigenvalue weighted by molar-refractivity contribution is -0.134. The van der Waals surface area contributed by atoms with Gasteiger partial charge in [0.05, 0.1) is 7.11 Å². The Balaban J connectivity index is 2.68. The molecule has 0 unspecified atom stereocenters. The van der Waals surface area contributed by atoms with Crippen LogP contribution in [0.2, 0.25) is 0 Å². The Morgan fingerprint density at radius 1 is 1.62 bits per heavy atom. The number of rotatable bonds is 3. The average Bonchev–Trinajstić information content (AvgIpc) is 2.61. The van der Waals surface area contributed by atoms with Crippen molar-refractivity contribution in [3.05, 3.63) is 28.0 Å². The van der Waals surface area contributed by atoms with Crippen molar-refractivity contribution in [2.75, 3.05) is 7.11 Å². The van der Waals surface area contributed by atoms with E-state index < -0.39 is 5.97 Å². The van der Waals surface area contributed by atoms with Gasteiger partial charge in [0.1, 0.15) is 0 Å². The van der Waals surface area contributed by atoms with Gasteiger partial charge in [0.2, 0.25) is 0 Å². The molecule has 68 valence electrons. The van der Waals surface area contributed by atoms with Crippen LogP contribution in [0.3, 0.4) is 0 Å². The first-order valence-electron chi connectivity index (χ1n) is 3.56. The third-order valence-electron chi connectivity index (χ3n) is 1.36. The van der Waals surface area contributed by atoms with E-state index in [-0.39, 0.29) is 0 Å². The minimum Gasteiger partial charge on any atom is -0.466 e. The van der Waals surface area contributed by atoms with Crippen molar-refractivity contribution >= 4 is 29.7 Å². The number of thiophene rings is 1. The Labute approximate surface area is 79.6 Å². The van der Waals surface area contributed by atoms with Crippen LogP contribution in [-0.4, -0.2) is 19.4 Å². The summed E-state index contributed by atoms with van der Waals surface area (Å²) in [6, 6.07) is 1.71. The highest BCUT2D eigenvalue weighted by Gasteiger charge is 1.96. The molecule has 1 heterocycles.